The van der Waals surface area contributed by atoms with Gasteiger partial charge in [0.15, 0.2) is 5.69 Å². The van der Waals surface area contributed by atoms with Crippen LogP contribution < -0.4 is 5.43 Å². The number of ether oxygens (including phenoxy) is 1. The van der Waals surface area contributed by atoms with Crippen LogP contribution in [-0.4, -0.2) is 46.9 Å². The highest BCUT2D eigenvalue weighted by molar-refractivity contribution is 5.92. The van der Waals surface area contributed by atoms with Gasteiger partial charge in [-0.2, -0.15) is 5.10 Å². The Bertz CT molecular complexity index is 795. The molecule has 1 saturated heterocycles. The fourth-order valence-corrected chi connectivity index (χ4v) is 3.07. The highest BCUT2D eigenvalue weighted by atomic mass is 16.5. The highest BCUT2D eigenvalue weighted by Gasteiger charge is 2.25. The quantitative estimate of drug-likeness (QED) is 0.835. The minimum absolute atomic E-state index is 0.0322. The molecule has 1 amide bonds. The molecule has 0 bridgehead atoms. The van der Waals surface area contributed by atoms with Gasteiger partial charge < -0.3 is 9.64 Å². The summed E-state index contributed by atoms with van der Waals surface area (Å²) in [5.74, 6) is 0.00905. The van der Waals surface area contributed by atoms with Gasteiger partial charge >= 0.3 is 0 Å². The van der Waals surface area contributed by atoms with Gasteiger partial charge in [-0.15, -0.1) is 0 Å². The van der Waals surface area contributed by atoms with E-state index in [1.54, 1.807) is 9.58 Å². The number of amides is 1. The fourth-order valence-electron chi connectivity index (χ4n) is 3.07. The summed E-state index contributed by atoms with van der Waals surface area (Å²) < 4.78 is 7.02. The Hall–Kier alpha value is -2.47. The summed E-state index contributed by atoms with van der Waals surface area (Å²) in [6.45, 7) is 6.26. The Kier molecular flexibility index (Phi) is 5.28. The summed E-state index contributed by atoms with van der Waals surface area (Å²) >= 11 is 0. The molecule has 0 spiro atoms. The number of para-hydroxylation sites is 1. The predicted octanol–water partition coefficient (Wildman–Crippen LogP) is 2.04. The molecule has 1 aromatic heterocycles. The van der Waals surface area contributed by atoms with Crippen LogP contribution in [0.5, 0.6) is 0 Å². The van der Waals surface area contributed by atoms with Crippen molar-refractivity contribution in [1.29, 1.82) is 0 Å². The van der Waals surface area contributed by atoms with E-state index in [0.29, 0.717) is 31.3 Å². The van der Waals surface area contributed by atoms with E-state index >= 15 is 0 Å². The third-order valence-electron chi connectivity index (χ3n) is 4.48. The molecule has 6 nitrogen and oxygen atoms in total. The van der Waals surface area contributed by atoms with Crippen molar-refractivity contribution in [3.63, 3.8) is 0 Å². The lowest BCUT2D eigenvalue weighted by atomic mass is 10.1. The van der Waals surface area contributed by atoms with Crippen LogP contribution in [0, 0.1) is 12.8 Å². The molecule has 2 aromatic rings. The van der Waals surface area contributed by atoms with Gasteiger partial charge in [-0.05, 0) is 32.4 Å². The Morgan fingerprint density at radius 2 is 2.12 bits per heavy atom. The maximum absolute atomic E-state index is 12.9. The molecule has 2 heterocycles. The molecule has 1 atom stereocenters. The monoisotopic (exact) mass is 341 g/mol. The van der Waals surface area contributed by atoms with Crippen LogP contribution in [0.15, 0.2) is 41.2 Å². The first-order chi connectivity index (χ1) is 12.1. The van der Waals surface area contributed by atoms with Gasteiger partial charge in [0.1, 0.15) is 0 Å². The lowest BCUT2D eigenvalue weighted by Gasteiger charge is -2.23. The van der Waals surface area contributed by atoms with E-state index < -0.39 is 0 Å². The van der Waals surface area contributed by atoms with Crippen LogP contribution in [0.25, 0.3) is 5.69 Å². The van der Waals surface area contributed by atoms with Crippen LogP contribution in [-0.2, 0) is 4.74 Å². The zero-order valence-corrected chi connectivity index (χ0v) is 14.6. The molecule has 132 valence electrons. The molecule has 0 aliphatic carbocycles. The number of aromatic nitrogens is 2. The van der Waals surface area contributed by atoms with Crippen LogP contribution in [0.2, 0.25) is 0 Å². The topological polar surface area (TPSA) is 64.4 Å². The fraction of sp³-hybridized carbons (Fsp3) is 0.421. The normalized spacial score (nSPS) is 16.8. The van der Waals surface area contributed by atoms with Gasteiger partial charge in [-0.3, -0.25) is 9.59 Å². The van der Waals surface area contributed by atoms with E-state index in [0.717, 1.165) is 18.7 Å². The zero-order chi connectivity index (χ0) is 17.8. The standard InChI is InChI=1S/C19H23N3O3/c1-3-21(12-15-9-10-25-13-15)19(24)18-17(23)11-14(2)22(20-18)16-7-5-4-6-8-16/h4-8,11,15H,3,9-10,12-13H2,1-2H3/t15-/m1/s1. The SMILES string of the molecule is CCN(C[C@H]1CCOC1)C(=O)c1nn(-c2ccccc2)c(C)cc1=O. The van der Waals surface area contributed by atoms with Crippen LogP contribution in [0.4, 0.5) is 0 Å². The van der Waals surface area contributed by atoms with Crippen molar-refractivity contribution in [3.05, 3.63) is 58.0 Å². The first-order valence-electron chi connectivity index (χ1n) is 8.63. The van der Waals surface area contributed by atoms with E-state index in [1.807, 2.05) is 44.2 Å². The van der Waals surface area contributed by atoms with Gasteiger partial charge in [-0.25, -0.2) is 4.68 Å². The smallest absolute Gasteiger partial charge is 0.278 e. The van der Waals surface area contributed by atoms with E-state index in [-0.39, 0.29) is 17.0 Å². The lowest BCUT2D eigenvalue weighted by Crippen LogP contribution is -2.39. The van der Waals surface area contributed by atoms with Crippen molar-refractivity contribution in [1.82, 2.24) is 14.7 Å². The second kappa shape index (κ2) is 7.61. The Morgan fingerprint density at radius 3 is 2.76 bits per heavy atom. The van der Waals surface area contributed by atoms with Crippen molar-refractivity contribution in [2.24, 2.45) is 5.92 Å². The van der Waals surface area contributed by atoms with Crippen molar-refractivity contribution in [3.8, 4) is 5.69 Å². The van der Waals surface area contributed by atoms with Crippen LogP contribution >= 0.6 is 0 Å². The molecule has 0 N–H and O–H groups in total. The average molecular weight is 341 g/mol. The summed E-state index contributed by atoms with van der Waals surface area (Å²) in [7, 11) is 0. The number of hydrogen-bond acceptors (Lipinski definition) is 4. The summed E-state index contributed by atoms with van der Waals surface area (Å²) in [5, 5.41) is 4.37. The molecule has 3 rings (SSSR count). The minimum Gasteiger partial charge on any atom is -0.381 e. The molecule has 1 aliphatic rings. The van der Waals surface area contributed by atoms with Crippen LogP contribution in [0.1, 0.15) is 29.5 Å². The molecule has 6 heteroatoms. The van der Waals surface area contributed by atoms with E-state index in [2.05, 4.69) is 5.10 Å². The largest absolute Gasteiger partial charge is 0.381 e. The Labute approximate surface area is 147 Å². The maximum atomic E-state index is 12.9. The number of carbonyl (C=O) groups is 1. The third kappa shape index (κ3) is 3.79. The van der Waals surface area contributed by atoms with Crippen molar-refractivity contribution < 1.29 is 9.53 Å². The first-order valence-corrected chi connectivity index (χ1v) is 8.63. The van der Waals surface area contributed by atoms with Crippen LogP contribution in [0.3, 0.4) is 0 Å². The minimum atomic E-state index is -0.337. The summed E-state index contributed by atoms with van der Waals surface area (Å²) in [6.07, 6.45) is 0.944. The number of aryl methyl sites for hydroxylation is 1. The Morgan fingerprint density at radius 1 is 1.36 bits per heavy atom. The van der Waals surface area contributed by atoms with Crippen molar-refractivity contribution in [2.75, 3.05) is 26.3 Å². The molecule has 1 aliphatic heterocycles. The maximum Gasteiger partial charge on any atom is 0.278 e. The number of carbonyl (C=O) groups excluding carboxylic acids is 1. The molecular weight excluding hydrogens is 318 g/mol. The lowest BCUT2D eigenvalue weighted by molar-refractivity contribution is 0.0721. The number of nitrogens with zero attached hydrogens (tertiary/aromatic N) is 3. The van der Waals surface area contributed by atoms with E-state index in [1.165, 1.54) is 6.07 Å². The molecule has 1 fully saturated rings. The highest BCUT2D eigenvalue weighted by Crippen LogP contribution is 2.15. The second-order valence-electron chi connectivity index (χ2n) is 6.32. The first kappa shape index (κ1) is 17.4. The summed E-state index contributed by atoms with van der Waals surface area (Å²) in [6, 6.07) is 11.0. The van der Waals surface area contributed by atoms with Gasteiger partial charge in [-0.1, -0.05) is 18.2 Å². The molecule has 0 unspecified atom stereocenters. The molecule has 0 saturated carbocycles. The van der Waals surface area contributed by atoms with Gasteiger partial charge in [0.2, 0.25) is 5.43 Å². The number of rotatable bonds is 5. The molecular formula is C19H23N3O3. The van der Waals surface area contributed by atoms with E-state index in [4.69, 9.17) is 4.74 Å². The van der Waals surface area contributed by atoms with Gasteiger partial charge in [0.25, 0.3) is 5.91 Å². The van der Waals surface area contributed by atoms with Gasteiger partial charge in [0, 0.05) is 37.4 Å². The zero-order valence-electron chi connectivity index (χ0n) is 14.6. The van der Waals surface area contributed by atoms with Crippen molar-refractivity contribution >= 4 is 5.91 Å². The average Bonchev–Trinajstić information content (AvgIpc) is 3.13. The number of hydrogen-bond donors (Lipinski definition) is 0. The Balaban J connectivity index is 1.92. The third-order valence-corrected chi connectivity index (χ3v) is 4.48. The summed E-state index contributed by atoms with van der Waals surface area (Å²) in [4.78, 5) is 27.0. The molecule has 1 aromatic carbocycles. The molecule has 25 heavy (non-hydrogen) atoms. The second-order valence-corrected chi connectivity index (χ2v) is 6.32. The van der Waals surface area contributed by atoms with E-state index in [9.17, 15) is 9.59 Å². The number of benzene rings is 1. The molecule has 0 radical (unpaired) electrons. The summed E-state index contributed by atoms with van der Waals surface area (Å²) in [5.41, 5.74) is 1.15. The predicted molar refractivity (Wildman–Crippen MR) is 95.1 cm³/mol. The van der Waals surface area contributed by atoms with Gasteiger partial charge in [0.05, 0.1) is 12.3 Å². The van der Waals surface area contributed by atoms with Crippen molar-refractivity contribution in [2.45, 2.75) is 20.3 Å².